The number of aliphatic imine (C=N–C) groups is 1. The maximum Gasteiger partial charge on any atom is 0.193 e. The summed E-state index contributed by atoms with van der Waals surface area (Å²) in [6.45, 7) is 1.94. The lowest BCUT2D eigenvalue weighted by atomic mass is 10.3. The number of benzene rings is 2. The number of guanidine groups is 1. The number of halogens is 1. The number of para-hydroxylation sites is 3. The quantitative estimate of drug-likeness (QED) is 0.335. The molecule has 0 aliphatic rings. The van der Waals surface area contributed by atoms with Crippen molar-refractivity contribution >= 4 is 41.0 Å². The molecule has 0 unspecified atom stereocenters. The van der Waals surface area contributed by atoms with Gasteiger partial charge in [0.2, 0.25) is 0 Å². The average molecular weight is 479 g/mol. The van der Waals surface area contributed by atoms with Crippen LogP contribution in [0.2, 0.25) is 0 Å². The van der Waals surface area contributed by atoms with Gasteiger partial charge in [-0.05, 0) is 24.3 Å². The Morgan fingerprint density at radius 3 is 2.56 bits per heavy atom. The molecular formula is C20H26IN5O. The lowest BCUT2D eigenvalue weighted by Crippen LogP contribution is -2.40. The molecule has 2 aromatic carbocycles. The van der Waals surface area contributed by atoms with Gasteiger partial charge in [-0.1, -0.05) is 30.3 Å². The molecule has 0 bridgehead atoms. The minimum atomic E-state index is 0. The monoisotopic (exact) mass is 479 g/mol. The Balaban J connectivity index is 0.00000261. The number of aryl methyl sites for hydroxylation is 1. The highest BCUT2D eigenvalue weighted by Crippen LogP contribution is 2.14. The minimum absolute atomic E-state index is 0. The number of fused-ring (bicyclic) bond motifs is 1. The van der Waals surface area contributed by atoms with Crippen LogP contribution in [0.5, 0.6) is 5.75 Å². The SMILES string of the molecule is CN=C(NCc1nc2ccccc2n1C)N(C)CCOc1ccccc1.I. The Morgan fingerprint density at radius 2 is 1.85 bits per heavy atom. The molecule has 1 N–H and O–H groups in total. The summed E-state index contributed by atoms with van der Waals surface area (Å²) in [5.74, 6) is 2.67. The van der Waals surface area contributed by atoms with Crippen molar-refractivity contribution in [3.63, 3.8) is 0 Å². The molecule has 3 rings (SSSR count). The maximum atomic E-state index is 5.75. The van der Waals surface area contributed by atoms with Gasteiger partial charge in [0.1, 0.15) is 18.2 Å². The van der Waals surface area contributed by atoms with Gasteiger partial charge >= 0.3 is 0 Å². The summed E-state index contributed by atoms with van der Waals surface area (Å²) in [5.41, 5.74) is 2.13. The molecule has 7 heteroatoms. The molecule has 27 heavy (non-hydrogen) atoms. The first-order valence-electron chi connectivity index (χ1n) is 8.69. The Labute approximate surface area is 177 Å². The summed E-state index contributed by atoms with van der Waals surface area (Å²) >= 11 is 0. The number of imidazole rings is 1. The summed E-state index contributed by atoms with van der Waals surface area (Å²) in [6, 6.07) is 18.0. The van der Waals surface area contributed by atoms with E-state index in [-0.39, 0.29) is 24.0 Å². The third kappa shape index (κ3) is 5.35. The first-order chi connectivity index (χ1) is 12.7. The van der Waals surface area contributed by atoms with Crippen molar-refractivity contribution < 1.29 is 4.74 Å². The standard InChI is InChI=1S/C20H25N5O.HI/c1-21-20(24(2)13-14-26-16-9-5-4-6-10-16)22-15-19-23-17-11-7-8-12-18(17)25(19)3;/h4-12H,13-15H2,1-3H3,(H,21,22);1H. The highest BCUT2D eigenvalue weighted by molar-refractivity contribution is 14.0. The number of hydrogen-bond donors (Lipinski definition) is 1. The van der Waals surface area contributed by atoms with Crippen LogP contribution in [0, 0.1) is 0 Å². The first-order valence-corrected chi connectivity index (χ1v) is 8.69. The number of likely N-dealkylation sites (N-methyl/N-ethyl adjacent to an activating group) is 1. The summed E-state index contributed by atoms with van der Waals surface area (Å²) in [4.78, 5) is 11.1. The summed E-state index contributed by atoms with van der Waals surface area (Å²) in [6.07, 6.45) is 0. The third-order valence-electron chi connectivity index (χ3n) is 4.30. The van der Waals surface area contributed by atoms with Crippen LogP contribution >= 0.6 is 24.0 Å². The topological polar surface area (TPSA) is 54.7 Å². The predicted octanol–water partition coefficient (Wildman–Crippen LogP) is 3.28. The smallest absolute Gasteiger partial charge is 0.193 e. The van der Waals surface area contributed by atoms with Crippen molar-refractivity contribution in [1.82, 2.24) is 19.8 Å². The molecule has 0 atom stereocenters. The van der Waals surface area contributed by atoms with E-state index in [1.807, 2.05) is 67.5 Å². The van der Waals surface area contributed by atoms with Gasteiger partial charge in [-0.15, -0.1) is 24.0 Å². The summed E-state index contributed by atoms with van der Waals surface area (Å²) in [5, 5.41) is 3.37. The van der Waals surface area contributed by atoms with E-state index in [9.17, 15) is 0 Å². The highest BCUT2D eigenvalue weighted by atomic mass is 127. The second-order valence-electron chi connectivity index (χ2n) is 6.06. The molecule has 0 amide bonds. The maximum absolute atomic E-state index is 5.75. The molecule has 3 aromatic rings. The van der Waals surface area contributed by atoms with E-state index in [4.69, 9.17) is 4.74 Å². The van der Waals surface area contributed by atoms with Crippen molar-refractivity contribution in [3.8, 4) is 5.75 Å². The van der Waals surface area contributed by atoms with Gasteiger partial charge in [-0.25, -0.2) is 4.98 Å². The van der Waals surface area contributed by atoms with Gasteiger partial charge in [-0.3, -0.25) is 4.99 Å². The summed E-state index contributed by atoms with van der Waals surface area (Å²) < 4.78 is 7.86. The van der Waals surface area contributed by atoms with E-state index in [1.54, 1.807) is 7.05 Å². The van der Waals surface area contributed by atoms with Gasteiger partial charge in [0, 0.05) is 21.1 Å². The van der Waals surface area contributed by atoms with E-state index in [0.717, 1.165) is 35.1 Å². The van der Waals surface area contributed by atoms with Gasteiger partial charge in [-0.2, -0.15) is 0 Å². The molecule has 0 saturated heterocycles. The van der Waals surface area contributed by atoms with E-state index in [1.165, 1.54) is 0 Å². The second kappa shape index (κ2) is 10.1. The minimum Gasteiger partial charge on any atom is -0.492 e. The molecule has 0 aliphatic heterocycles. The number of nitrogens with one attached hydrogen (secondary N) is 1. The number of nitrogens with zero attached hydrogens (tertiary/aromatic N) is 4. The van der Waals surface area contributed by atoms with Crippen LogP contribution in [0.1, 0.15) is 5.82 Å². The predicted molar refractivity (Wildman–Crippen MR) is 121 cm³/mol. The van der Waals surface area contributed by atoms with Crippen LogP contribution in [0.4, 0.5) is 0 Å². The Morgan fingerprint density at radius 1 is 1.15 bits per heavy atom. The molecular weight excluding hydrogens is 453 g/mol. The van der Waals surface area contributed by atoms with Crippen LogP contribution in [-0.4, -0.2) is 47.7 Å². The van der Waals surface area contributed by atoms with E-state index in [2.05, 4.69) is 25.9 Å². The fraction of sp³-hybridized carbons (Fsp3) is 0.300. The number of hydrogen-bond acceptors (Lipinski definition) is 3. The van der Waals surface area contributed by atoms with Crippen molar-refractivity contribution in [2.24, 2.45) is 12.0 Å². The average Bonchev–Trinajstić information content (AvgIpc) is 2.99. The normalized spacial score (nSPS) is 11.1. The Kier molecular flexibility index (Phi) is 7.90. The number of rotatable bonds is 6. The molecule has 0 saturated carbocycles. The van der Waals surface area contributed by atoms with Crippen molar-refractivity contribution in [3.05, 3.63) is 60.4 Å². The van der Waals surface area contributed by atoms with Gasteiger partial charge in [0.05, 0.1) is 24.1 Å². The second-order valence-corrected chi connectivity index (χ2v) is 6.06. The lowest BCUT2D eigenvalue weighted by molar-refractivity contribution is 0.281. The Bertz CT molecular complexity index is 878. The molecule has 6 nitrogen and oxygen atoms in total. The first kappa shape index (κ1) is 21.0. The zero-order chi connectivity index (χ0) is 18.4. The third-order valence-corrected chi connectivity index (χ3v) is 4.30. The van der Waals surface area contributed by atoms with Crippen molar-refractivity contribution in [1.29, 1.82) is 0 Å². The molecule has 0 fully saturated rings. The van der Waals surface area contributed by atoms with Gasteiger partial charge in [0.15, 0.2) is 5.96 Å². The van der Waals surface area contributed by atoms with E-state index >= 15 is 0 Å². The van der Waals surface area contributed by atoms with Crippen LogP contribution < -0.4 is 10.1 Å². The molecule has 1 heterocycles. The lowest BCUT2D eigenvalue weighted by Gasteiger charge is -2.22. The zero-order valence-electron chi connectivity index (χ0n) is 15.9. The van der Waals surface area contributed by atoms with Gasteiger partial charge in [0.25, 0.3) is 0 Å². The highest BCUT2D eigenvalue weighted by Gasteiger charge is 2.10. The molecule has 144 valence electrons. The molecule has 0 radical (unpaired) electrons. The molecule has 0 spiro atoms. The Hall–Kier alpha value is -2.29. The van der Waals surface area contributed by atoms with Crippen LogP contribution in [0.15, 0.2) is 59.6 Å². The van der Waals surface area contributed by atoms with Gasteiger partial charge < -0.3 is 19.5 Å². The van der Waals surface area contributed by atoms with Crippen molar-refractivity contribution in [2.75, 3.05) is 27.2 Å². The molecule has 1 aromatic heterocycles. The molecule has 0 aliphatic carbocycles. The fourth-order valence-electron chi connectivity index (χ4n) is 2.82. The number of aromatic nitrogens is 2. The van der Waals surface area contributed by atoms with Crippen molar-refractivity contribution in [2.45, 2.75) is 6.54 Å². The fourth-order valence-corrected chi connectivity index (χ4v) is 2.82. The largest absolute Gasteiger partial charge is 0.492 e. The van der Waals surface area contributed by atoms with Crippen LogP contribution in [0.25, 0.3) is 11.0 Å². The zero-order valence-corrected chi connectivity index (χ0v) is 18.3. The van der Waals surface area contributed by atoms with E-state index < -0.39 is 0 Å². The van der Waals surface area contributed by atoms with E-state index in [0.29, 0.717) is 13.2 Å². The summed E-state index contributed by atoms with van der Waals surface area (Å²) in [7, 11) is 5.82. The van der Waals surface area contributed by atoms with Crippen LogP contribution in [0.3, 0.4) is 0 Å². The number of ether oxygens (including phenoxy) is 1. The van der Waals surface area contributed by atoms with Crippen LogP contribution in [-0.2, 0) is 13.6 Å².